The molecule has 0 spiro atoms. The van der Waals surface area contributed by atoms with Gasteiger partial charge >= 0.3 is 0 Å². The van der Waals surface area contributed by atoms with Crippen LogP contribution in [-0.2, 0) is 5.41 Å². The Kier molecular flexibility index (Phi) is 8.80. The molecule has 0 fully saturated rings. The van der Waals surface area contributed by atoms with Gasteiger partial charge in [0.25, 0.3) is 0 Å². The fourth-order valence-electron chi connectivity index (χ4n) is 9.87. The fourth-order valence-corrected chi connectivity index (χ4v) is 9.87. The zero-order chi connectivity index (χ0) is 42.8. The molecule has 0 atom stereocenters. The topological polar surface area (TPSA) is 43.6 Å². The molecule has 64 heavy (non-hydrogen) atoms. The lowest BCUT2D eigenvalue weighted by Crippen LogP contribution is -2.14. The smallest absolute Gasteiger partial charge is 0.164 e. The fraction of sp³-hybridized carbons (Fsp3) is 0.0500. The lowest BCUT2D eigenvalue weighted by molar-refractivity contribution is 0.660. The molecule has 0 N–H and O–H groups in total. The van der Waals surface area contributed by atoms with Crippen LogP contribution in [-0.4, -0.2) is 19.5 Å². The summed E-state index contributed by atoms with van der Waals surface area (Å²) in [5.74, 6) is 1.89. The predicted molar refractivity (Wildman–Crippen MR) is 264 cm³/mol. The van der Waals surface area contributed by atoms with E-state index in [1.807, 2.05) is 36.4 Å². The molecule has 0 saturated carbocycles. The van der Waals surface area contributed by atoms with E-state index in [-0.39, 0.29) is 5.41 Å². The van der Waals surface area contributed by atoms with E-state index >= 15 is 0 Å². The third-order valence-corrected chi connectivity index (χ3v) is 13.0. The van der Waals surface area contributed by atoms with Crippen molar-refractivity contribution in [2.75, 3.05) is 0 Å². The Morgan fingerprint density at radius 1 is 0.328 bits per heavy atom. The van der Waals surface area contributed by atoms with E-state index < -0.39 is 0 Å². The second-order valence-electron chi connectivity index (χ2n) is 17.2. The van der Waals surface area contributed by atoms with Crippen LogP contribution in [0.5, 0.6) is 0 Å². The summed E-state index contributed by atoms with van der Waals surface area (Å²) in [6.45, 7) is 4.68. The Morgan fingerprint density at radius 3 is 1.53 bits per heavy atom. The molecular weight excluding hydrogens is 777 g/mol. The Bertz CT molecular complexity index is 3500. The summed E-state index contributed by atoms with van der Waals surface area (Å²) in [6.07, 6.45) is 0. The van der Waals surface area contributed by atoms with Crippen LogP contribution in [0.1, 0.15) is 25.0 Å². The van der Waals surface area contributed by atoms with E-state index in [0.29, 0.717) is 17.5 Å². The molecule has 0 bridgehead atoms. The maximum atomic E-state index is 5.18. The molecule has 11 aromatic rings. The van der Waals surface area contributed by atoms with Crippen LogP contribution in [0, 0.1) is 0 Å². The molecule has 0 radical (unpaired) electrons. The number of hydrogen-bond donors (Lipinski definition) is 0. The van der Waals surface area contributed by atoms with Crippen LogP contribution < -0.4 is 0 Å². The molecular formula is C60H42N4. The normalized spacial score (nSPS) is 12.7. The SMILES string of the molecule is CC1(C)c2ccccc2-c2cc(-c3ccc4c(c3)c3cccc(-c5cc(-c6ccccc6)cc(-c6nc(-c7ccccc7)nc(-c7ccccc7)n6)c5)c3n4-c3ccccc3)ccc21. The van der Waals surface area contributed by atoms with Crippen LogP contribution in [0.25, 0.3) is 106 Å². The molecule has 4 heteroatoms. The van der Waals surface area contributed by atoms with Crippen LogP contribution in [0.3, 0.4) is 0 Å². The van der Waals surface area contributed by atoms with Crippen molar-refractivity contribution < 1.29 is 0 Å². The highest BCUT2D eigenvalue weighted by Crippen LogP contribution is 2.50. The molecule has 1 aliphatic rings. The van der Waals surface area contributed by atoms with Crippen molar-refractivity contribution in [3.05, 3.63) is 230 Å². The minimum atomic E-state index is -0.0382. The minimum Gasteiger partial charge on any atom is -0.309 e. The highest BCUT2D eigenvalue weighted by Gasteiger charge is 2.35. The zero-order valence-electron chi connectivity index (χ0n) is 35.6. The van der Waals surface area contributed by atoms with Crippen LogP contribution in [0.15, 0.2) is 218 Å². The van der Waals surface area contributed by atoms with Gasteiger partial charge in [0.1, 0.15) is 0 Å². The summed E-state index contributed by atoms with van der Waals surface area (Å²) in [5, 5.41) is 2.40. The molecule has 2 heterocycles. The van der Waals surface area contributed by atoms with Gasteiger partial charge in [-0.2, -0.15) is 0 Å². The predicted octanol–water partition coefficient (Wildman–Crippen LogP) is 15.3. The molecule has 12 rings (SSSR count). The molecule has 0 unspecified atom stereocenters. The number of hydrogen-bond acceptors (Lipinski definition) is 3. The van der Waals surface area contributed by atoms with Crippen molar-refractivity contribution in [3.8, 4) is 84.4 Å². The summed E-state index contributed by atoms with van der Waals surface area (Å²) in [7, 11) is 0. The van der Waals surface area contributed by atoms with E-state index in [2.05, 4.69) is 200 Å². The van der Waals surface area contributed by atoms with Gasteiger partial charge in [-0.15, -0.1) is 0 Å². The van der Waals surface area contributed by atoms with E-state index in [1.54, 1.807) is 0 Å². The Morgan fingerprint density at radius 2 is 0.844 bits per heavy atom. The summed E-state index contributed by atoms with van der Waals surface area (Å²) in [5.41, 5.74) is 18.4. The van der Waals surface area contributed by atoms with Gasteiger partial charge in [-0.25, -0.2) is 15.0 Å². The number of para-hydroxylation sites is 2. The maximum absolute atomic E-state index is 5.18. The first-order valence-electron chi connectivity index (χ1n) is 21.9. The average molecular weight is 819 g/mol. The van der Waals surface area contributed by atoms with Gasteiger partial charge < -0.3 is 4.57 Å². The summed E-state index contributed by atoms with van der Waals surface area (Å²) < 4.78 is 2.43. The minimum absolute atomic E-state index is 0.0382. The van der Waals surface area contributed by atoms with Crippen LogP contribution in [0.4, 0.5) is 0 Å². The van der Waals surface area contributed by atoms with E-state index in [0.717, 1.165) is 55.7 Å². The van der Waals surface area contributed by atoms with E-state index in [1.165, 1.54) is 44.2 Å². The highest BCUT2D eigenvalue weighted by molar-refractivity contribution is 6.15. The van der Waals surface area contributed by atoms with Gasteiger partial charge in [0.15, 0.2) is 17.5 Å². The van der Waals surface area contributed by atoms with Crippen molar-refractivity contribution in [1.82, 2.24) is 19.5 Å². The van der Waals surface area contributed by atoms with Gasteiger partial charge in [0.05, 0.1) is 11.0 Å². The quantitative estimate of drug-likeness (QED) is 0.161. The highest BCUT2D eigenvalue weighted by atomic mass is 15.0. The Hall–Kier alpha value is -8.21. The van der Waals surface area contributed by atoms with Crippen LogP contribution in [0.2, 0.25) is 0 Å². The van der Waals surface area contributed by atoms with Crippen molar-refractivity contribution in [1.29, 1.82) is 0 Å². The zero-order valence-corrected chi connectivity index (χ0v) is 35.6. The maximum Gasteiger partial charge on any atom is 0.164 e. The van der Waals surface area contributed by atoms with Crippen LogP contribution >= 0.6 is 0 Å². The first-order chi connectivity index (χ1) is 31.5. The third kappa shape index (κ3) is 6.26. The summed E-state index contributed by atoms with van der Waals surface area (Å²) >= 11 is 0. The molecule has 4 nitrogen and oxygen atoms in total. The number of benzene rings is 9. The van der Waals surface area contributed by atoms with Crippen molar-refractivity contribution in [3.63, 3.8) is 0 Å². The van der Waals surface area contributed by atoms with E-state index in [4.69, 9.17) is 15.0 Å². The van der Waals surface area contributed by atoms with Crippen molar-refractivity contribution in [2.45, 2.75) is 19.3 Å². The lowest BCUT2D eigenvalue weighted by atomic mass is 9.82. The van der Waals surface area contributed by atoms with Gasteiger partial charge in [-0.05, 0) is 98.6 Å². The largest absolute Gasteiger partial charge is 0.309 e. The Labute approximate surface area is 372 Å². The first kappa shape index (κ1) is 37.5. The number of fused-ring (bicyclic) bond motifs is 6. The molecule has 9 aromatic carbocycles. The number of rotatable bonds is 7. The number of aromatic nitrogens is 4. The lowest BCUT2D eigenvalue weighted by Gasteiger charge is -2.21. The second-order valence-corrected chi connectivity index (χ2v) is 17.2. The molecule has 2 aromatic heterocycles. The molecule has 302 valence electrons. The second kappa shape index (κ2) is 15.0. The third-order valence-electron chi connectivity index (χ3n) is 13.0. The molecule has 0 saturated heterocycles. The molecule has 1 aliphatic carbocycles. The molecule has 0 aliphatic heterocycles. The number of nitrogens with zero attached hydrogens (tertiary/aromatic N) is 4. The average Bonchev–Trinajstić information content (AvgIpc) is 3.82. The monoisotopic (exact) mass is 818 g/mol. The van der Waals surface area contributed by atoms with Gasteiger partial charge in [0.2, 0.25) is 0 Å². The summed E-state index contributed by atoms with van der Waals surface area (Å²) in [4.78, 5) is 15.4. The van der Waals surface area contributed by atoms with Crippen molar-refractivity contribution in [2.24, 2.45) is 0 Å². The van der Waals surface area contributed by atoms with E-state index in [9.17, 15) is 0 Å². The first-order valence-corrected chi connectivity index (χ1v) is 21.9. The van der Waals surface area contributed by atoms with Crippen molar-refractivity contribution >= 4 is 21.8 Å². The van der Waals surface area contributed by atoms with Gasteiger partial charge in [0, 0.05) is 44.1 Å². The Balaban J connectivity index is 1.08. The molecule has 0 amide bonds. The van der Waals surface area contributed by atoms with Gasteiger partial charge in [-0.3, -0.25) is 0 Å². The van der Waals surface area contributed by atoms with Gasteiger partial charge in [-0.1, -0.05) is 184 Å². The standard InChI is InChI=1S/C60H42N4/c1-60(2)53-29-16-15-26-49(53)51-37-42(30-32-54(51)60)43-31-33-55-52(38-43)50-28-17-27-48(56(50)64(55)47-24-13-6-14-25-47)45-34-44(39-18-7-3-8-19-39)35-46(36-45)59-62-57(40-20-9-4-10-21-40)61-58(63-59)41-22-11-5-12-23-41/h3-38H,1-2H3. The summed E-state index contributed by atoms with van der Waals surface area (Å²) in [6, 6.07) is 78.1.